The van der Waals surface area contributed by atoms with E-state index in [9.17, 15) is 18.5 Å². The highest BCUT2D eigenvalue weighted by atomic mass is 32.2. The lowest BCUT2D eigenvalue weighted by atomic mass is 10.1. The molecule has 0 spiro atoms. The topological polar surface area (TPSA) is 107 Å². The van der Waals surface area contributed by atoms with Crippen molar-refractivity contribution in [2.45, 2.75) is 37.8 Å². The summed E-state index contributed by atoms with van der Waals surface area (Å²) in [6.07, 6.45) is 2.49. The molecule has 9 heteroatoms. The Labute approximate surface area is 157 Å². The number of hydrogen-bond acceptors (Lipinski definition) is 6. The fourth-order valence-electron chi connectivity index (χ4n) is 2.70. The summed E-state index contributed by atoms with van der Waals surface area (Å²) in [6, 6.07) is 9.54. The molecule has 27 heavy (non-hydrogen) atoms. The second kappa shape index (κ2) is 6.75. The Morgan fingerprint density at radius 2 is 1.85 bits per heavy atom. The Hall–Kier alpha value is -2.78. The highest BCUT2D eigenvalue weighted by Crippen LogP contribution is 2.29. The Bertz CT molecular complexity index is 1100. The molecule has 2 heterocycles. The predicted molar refractivity (Wildman–Crippen MR) is 102 cm³/mol. The van der Waals surface area contributed by atoms with Crippen LogP contribution in [0, 0.1) is 10.1 Å². The summed E-state index contributed by atoms with van der Waals surface area (Å²) in [4.78, 5) is 15.1. The van der Waals surface area contributed by atoms with Crippen LogP contribution in [0.1, 0.15) is 26.3 Å². The molecule has 0 saturated carbocycles. The zero-order valence-electron chi connectivity index (χ0n) is 15.2. The number of aromatic nitrogens is 2. The highest BCUT2D eigenvalue weighted by Gasteiger charge is 2.25. The van der Waals surface area contributed by atoms with Gasteiger partial charge in [0, 0.05) is 23.7 Å². The van der Waals surface area contributed by atoms with Gasteiger partial charge in [-0.1, -0.05) is 18.2 Å². The molecular weight excluding hydrogens is 368 g/mol. The van der Waals surface area contributed by atoms with Crippen LogP contribution in [0.3, 0.4) is 0 Å². The molecule has 0 fully saturated rings. The van der Waals surface area contributed by atoms with Gasteiger partial charge in [-0.25, -0.2) is 17.4 Å². The average molecular weight is 388 g/mol. The van der Waals surface area contributed by atoms with E-state index < -0.39 is 14.9 Å². The van der Waals surface area contributed by atoms with Crippen LogP contribution >= 0.6 is 0 Å². The van der Waals surface area contributed by atoms with Crippen molar-refractivity contribution in [3.05, 3.63) is 64.5 Å². The van der Waals surface area contributed by atoms with Gasteiger partial charge in [0.25, 0.3) is 15.7 Å². The lowest BCUT2D eigenvalue weighted by molar-refractivity contribution is -0.385. The van der Waals surface area contributed by atoms with Crippen LogP contribution in [-0.2, 0) is 16.6 Å². The number of nitrogens with zero attached hydrogens (tertiary/aromatic N) is 3. The van der Waals surface area contributed by atoms with E-state index >= 15 is 0 Å². The van der Waals surface area contributed by atoms with E-state index in [0.717, 1.165) is 10.2 Å². The zero-order chi connectivity index (χ0) is 19.8. The summed E-state index contributed by atoms with van der Waals surface area (Å²) < 4.78 is 26.9. The normalized spacial score (nSPS) is 12.4. The summed E-state index contributed by atoms with van der Waals surface area (Å²) in [6.45, 7) is 6.06. The van der Waals surface area contributed by atoms with Gasteiger partial charge in [-0.15, -0.1) is 0 Å². The molecule has 142 valence electrons. The van der Waals surface area contributed by atoms with E-state index in [-0.39, 0.29) is 28.3 Å². The standard InChI is InChI=1S/C18H20N4O4S/c1-18(2,3)20-11-15-14-9-10-21(17(14)19-12-16(15)22(23)24)27(25,26)13-7-5-4-6-8-13/h4-10,12,20H,11H2,1-3H3. The quantitative estimate of drug-likeness (QED) is 0.532. The van der Waals surface area contributed by atoms with Crippen molar-refractivity contribution in [1.82, 2.24) is 14.3 Å². The molecule has 2 aromatic heterocycles. The number of fused-ring (bicyclic) bond motifs is 1. The van der Waals surface area contributed by atoms with E-state index in [0.29, 0.717) is 10.9 Å². The van der Waals surface area contributed by atoms with E-state index in [1.807, 2.05) is 20.8 Å². The maximum atomic E-state index is 12.9. The molecule has 0 bridgehead atoms. The average Bonchev–Trinajstić information content (AvgIpc) is 3.04. The van der Waals surface area contributed by atoms with Gasteiger partial charge in [-0.2, -0.15) is 0 Å². The van der Waals surface area contributed by atoms with Crippen LogP contribution in [0.25, 0.3) is 11.0 Å². The largest absolute Gasteiger partial charge is 0.308 e. The smallest absolute Gasteiger partial charge is 0.292 e. The summed E-state index contributed by atoms with van der Waals surface area (Å²) in [5, 5.41) is 15.1. The molecule has 3 aromatic rings. The van der Waals surface area contributed by atoms with Crippen molar-refractivity contribution in [1.29, 1.82) is 0 Å². The first kappa shape index (κ1) is 19.0. The Morgan fingerprint density at radius 1 is 1.19 bits per heavy atom. The minimum Gasteiger partial charge on any atom is -0.308 e. The molecule has 3 rings (SSSR count). The van der Waals surface area contributed by atoms with Crippen molar-refractivity contribution in [3.63, 3.8) is 0 Å². The van der Waals surface area contributed by atoms with Crippen LogP contribution in [-0.4, -0.2) is 27.8 Å². The predicted octanol–water partition coefficient (Wildman–Crippen LogP) is 3.07. The second-order valence-electron chi connectivity index (χ2n) is 7.15. The molecule has 1 aromatic carbocycles. The Balaban J connectivity index is 2.18. The van der Waals surface area contributed by atoms with Crippen molar-refractivity contribution in [2.75, 3.05) is 0 Å². The maximum absolute atomic E-state index is 12.9. The van der Waals surface area contributed by atoms with Crippen molar-refractivity contribution in [2.24, 2.45) is 0 Å². The van der Waals surface area contributed by atoms with Gasteiger partial charge in [-0.3, -0.25) is 10.1 Å². The second-order valence-corrected chi connectivity index (χ2v) is 8.96. The molecular formula is C18H20N4O4S. The number of rotatable bonds is 5. The number of nitrogens with one attached hydrogen (secondary N) is 1. The zero-order valence-corrected chi connectivity index (χ0v) is 16.0. The molecule has 0 amide bonds. The fraction of sp³-hybridized carbons (Fsp3) is 0.278. The Kier molecular flexibility index (Phi) is 4.75. The molecule has 0 saturated heterocycles. The minimum atomic E-state index is -3.85. The van der Waals surface area contributed by atoms with Gasteiger partial charge >= 0.3 is 0 Å². The molecule has 0 aliphatic carbocycles. The van der Waals surface area contributed by atoms with Gasteiger partial charge < -0.3 is 5.32 Å². The number of benzene rings is 1. The third kappa shape index (κ3) is 3.69. The third-order valence-electron chi connectivity index (χ3n) is 4.06. The summed E-state index contributed by atoms with van der Waals surface area (Å²) in [5.74, 6) is 0. The van der Waals surface area contributed by atoms with Gasteiger partial charge in [0.15, 0.2) is 5.65 Å². The minimum absolute atomic E-state index is 0.122. The molecule has 0 unspecified atom stereocenters. The van der Waals surface area contributed by atoms with Crippen LogP contribution in [0.5, 0.6) is 0 Å². The lowest BCUT2D eigenvalue weighted by Crippen LogP contribution is -2.35. The van der Waals surface area contributed by atoms with Crippen LogP contribution in [0.2, 0.25) is 0 Å². The van der Waals surface area contributed by atoms with Crippen LogP contribution in [0.4, 0.5) is 5.69 Å². The molecule has 0 aliphatic heterocycles. The SMILES string of the molecule is CC(C)(C)NCc1c([N+](=O)[O-])cnc2c1ccn2S(=O)(=O)c1ccccc1. The monoisotopic (exact) mass is 388 g/mol. The molecule has 0 aliphatic rings. The van der Waals surface area contributed by atoms with Crippen molar-refractivity contribution in [3.8, 4) is 0 Å². The maximum Gasteiger partial charge on any atom is 0.292 e. The number of nitro groups is 1. The van der Waals surface area contributed by atoms with Gasteiger partial charge in [0.2, 0.25) is 0 Å². The molecule has 1 N–H and O–H groups in total. The van der Waals surface area contributed by atoms with Gasteiger partial charge in [0.05, 0.1) is 15.4 Å². The van der Waals surface area contributed by atoms with Gasteiger partial charge in [0.1, 0.15) is 6.20 Å². The van der Waals surface area contributed by atoms with Crippen molar-refractivity contribution < 1.29 is 13.3 Å². The molecule has 8 nitrogen and oxygen atoms in total. The number of pyridine rings is 1. The third-order valence-corrected chi connectivity index (χ3v) is 5.74. The summed E-state index contributed by atoms with van der Waals surface area (Å²) >= 11 is 0. The molecule has 0 radical (unpaired) electrons. The summed E-state index contributed by atoms with van der Waals surface area (Å²) in [7, 11) is -3.85. The van der Waals surface area contributed by atoms with E-state index in [2.05, 4.69) is 10.3 Å². The molecule has 0 atom stereocenters. The lowest BCUT2D eigenvalue weighted by Gasteiger charge is -2.20. The van der Waals surface area contributed by atoms with Crippen LogP contribution < -0.4 is 5.32 Å². The van der Waals surface area contributed by atoms with E-state index in [1.165, 1.54) is 18.3 Å². The van der Waals surface area contributed by atoms with E-state index in [4.69, 9.17) is 0 Å². The fourth-order valence-corrected chi connectivity index (χ4v) is 4.03. The number of hydrogen-bond donors (Lipinski definition) is 1. The first-order valence-electron chi connectivity index (χ1n) is 8.30. The Morgan fingerprint density at radius 3 is 2.44 bits per heavy atom. The first-order chi connectivity index (χ1) is 12.6. The van der Waals surface area contributed by atoms with Crippen LogP contribution in [0.15, 0.2) is 53.7 Å². The van der Waals surface area contributed by atoms with E-state index in [1.54, 1.807) is 24.3 Å². The highest BCUT2D eigenvalue weighted by molar-refractivity contribution is 7.90. The van der Waals surface area contributed by atoms with Crippen molar-refractivity contribution >= 4 is 26.7 Å². The summed E-state index contributed by atoms with van der Waals surface area (Å²) in [5.41, 5.74) is 0.161. The first-order valence-corrected chi connectivity index (χ1v) is 9.74. The van der Waals surface area contributed by atoms with Gasteiger partial charge in [-0.05, 0) is 39.0 Å².